The molecule has 0 saturated carbocycles. The molecule has 1 aromatic heterocycles. The second-order valence-electron chi connectivity index (χ2n) is 5.73. The van der Waals surface area contributed by atoms with Crippen molar-refractivity contribution >= 4 is 40.6 Å². The van der Waals surface area contributed by atoms with Gasteiger partial charge in [0.1, 0.15) is 6.54 Å². The van der Waals surface area contributed by atoms with Crippen LogP contribution in [0.5, 0.6) is 0 Å². The maximum Gasteiger partial charge on any atom is 0.294 e. The average Bonchev–Trinajstić information content (AvgIpc) is 3.08. The number of amides is 3. The van der Waals surface area contributed by atoms with Gasteiger partial charge in [0.2, 0.25) is 5.91 Å². The zero-order chi connectivity index (χ0) is 18.0. The lowest BCUT2D eigenvalue weighted by atomic mass is 10.2. The molecule has 1 fully saturated rings. The summed E-state index contributed by atoms with van der Waals surface area (Å²) in [4.78, 5) is 37.9. The van der Waals surface area contributed by atoms with E-state index in [1.165, 1.54) is 0 Å². The predicted molar refractivity (Wildman–Crippen MR) is 97.9 cm³/mol. The van der Waals surface area contributed by atoms with Gasteiger partial charge in [0, 0.05) is 24.6 Å². The van der Waals surface area contributed by atoms with E-state index in [0.717, 1.165) is 27.9 Å². The Kier molecular flexibility index (Phi) is 4.76. The third-order valence-corrected chi connectivity index (χ3v) is 4.68. The first-order valence-corrected chi connectivity index (χ1v) is 8.49. The average molecular weight is 355 g/mol. The third-order valence-electron chi connectivity index (χ3n) is 3.77. The van der Waals surface area contributed by atoms with Gasteiger partial charge in [0.05, 0.1) is 4.91 Å². The smallest absolute Gasteiger partial charge is 0.294 e. The number of thioether (sulfide) groups is 1. The summed E-state index contributed by atoms with van der Waals surface area (Å²) in [5, 5.41) is 2.25. The Balaban J connectivity index is 1.68. The molecular formula is C18H17N3O3S. The van der Waals surface area contributed by atoms with E-state index >= 15 is 0 Å². The monoisotopic (exact) mass is 355 g/mol. The van der Waals surface area contributed by atoms with Crippen LogP contribution in [0, 0.1) is 6.92 Å². The molecule has 2 heterocycles. The van der Waals surface area contributed by atoms with Crippen molar-refractivity contribution in [3.05, 3.63) is 58.8 Å². The van der Waals surface area contributed by atoms with Crippen LogP contribution < -0.4 is 5.32 Å². The van der Waals surface area contributed by atoms with Gasteiger partial charge in [-0.25, -0.2) is 0 Å². The fourth-order valence-electron chi connectivity index (χ4n) is 2.38. The molecule has 1 N–H and O–H groups in total. The number of aryl methyl sites for hydroxylation is 2. The molecule has 3 rings (SSSR count). The topological polar surface area (TPSA) is 71.4 Å². The van der Waals surface area contributed by atoms with Crippen molar-refractivity contribution in [3.8, 4) is 0 Å². The van der Waals surface area contributed by atoms with Crippen molar-refractivity contribution in [2.24, 2.45) is 7.05 Å². The van der Waals surface area contributed by atoms with Crippen LogP contribution in [-0.2, 0) is 16.6 Å². The van der Waals surface area contributed by atoms with Gasteiger partial charge in [-0.15, -0.1) is 0 Å². The molecule has 1 aliphatic rings. The fourth-order valence-corrected chi connectivity index (χ4v) is 3.20. The maximum absolute atomic E-state index is 12.4. The van der Waals surface area contributed by atoms with Crippen LogP contribution in [0.25, 0.3) is 6.08 Å². The van der Waals surface area contributed by atoms with Crippen LogP contribution in [0.15, 0.2) is 47.5 Å². The van der Waals surface area contributed by atoms with Crippen molar-refractivity contribution in [1.29, 1.82) is 0 Å². The summed E-state index contributed by atoms with van der Waals surface area (Å²) in [5.74, 6) is -0.860. The molecule has 6 nitrogen and oxygen atoms in total. The molecule has 1 aromatic carbocycles. The molecular weight excluding hydrogens is 338 g/mol. The number of aromatic nitrogens is 1. The summed E-state index contributed by atoms with van der Waals surface area (Å²) < 4.78 is 1.85. The molecule has 128 valence electrons. The normalized spacial score (nSPS) is 15.9. The maximum atomic E-state index is 12.4. The largest absolute Gasteiger partial charge is 0.351 e. The molecule has 1 aliphatic heterocycles. The van der Waals surface area contributed by atoms with E-state index in [0.29, 0.717) is 10.6 Å². The van der Waals surface area contributed by atoms with Gasteiger partial charge < -0.3 is 9.88 Å². The number of benzene rings is 1. The second kappa shape index (κ2) is 6.98. The zero-order valence-corrected chi connectivity index (χ0v) is 14.7. The first kappa shape index (κ1) is 17.0. The summed E-state index contributed by atoms with van der Waals surface area (Å²) >= 11 is 0.844. The number of hydrogen-bond donors (Lipinski definition) is 1. The standard InChI is InChI=1S/C18H17N3O3S/c1-12-5-7-13(8-6-12)19-16(22)11-21-17(23)15(25-18(21)24)10-14-4-3-9-20(14)2/h3-10H,11H2,1-2H3,(H,19,22)/b15-10+. The quantitative estimate of drug-likeness (QED) is 0.856. The summed E-state index contributed by atoms with van der Waals surface area (Å²) in [6.07, 6.45) is 3.51. The highest BCUT2D eigenvalue weighted by Crippen LogP contribution is 2.32. The minimum atomic E-state index is -0.449. The van der Waals surface area contributed by atoms with Crippen LogP contribution >= 0.6 is 11.8 Å². The van der Waals surface area contributed by atoms with Crippen molar-refractivity contribution < 1.29 is 14.4 Å². The SMILES string of the molecule is Cc1ccc(NC(=O)CN2C(=O)S/C(=C/c3cccn3C)C2=O)cc1. The lowest BCUT2D eigenvalue weighted by Crippen LogP contribution is -2.36. The number of carbonyl (C=O) groups excluding carboxylic acids is 3. The van der Waals surface area contributed by atoms with Gasteiger partial charge in [0.25, 0.3) is 11.1 Å². The molecule has 7 heteroatoms. The van der Waals surface area contributed by atoms with Gasteiger partial charge in [-0.05, 0) is 49.0 Å². The molecule has 0 atom stereocenters. The van der Waals surface area contributed by atoms with E-state index in [1.807, 2.05) is 49.0 Å². The molecule has 0 unspecified atom stereocenters. The minimum absolute atomic E-state index is 0.303. The molecule has 1 saturated heterocycles. The summed E-state index contributed by atoms with van der Waals surface area (Å²) in [6.45, 7) is 1.65. The summed E-state index contributed by atoms with van der Waals surface area (Å²) in [5.41, 5.74) is 2.52. The third kappa shape index (κ3) is 3.83. The van der Waals surface area contributed by atoms with Crippen LogP contribution in [0.3, 0.4) is 0 Å². The van der Waals surface area contributed by atoms with Crippen LogP contribution in [-0.4, -0.2) is 33.1 Å². The summed E-state index contributed by atoms with van der Waals surface area (Å²) in [7, 11) is 1.85. The number of nitrogens with one attached hydrogen (secondary N) is 1. The van der Waals surface area contributed by atoms with Gasteiger partial charge in [-0.3, -0.25) is 19.3 Å². The lowest BCUT2D eigenvalue weighted by molar-refractivity contribution is -0.127. The molecule has 0 spiro atoms. The highest BCUT2D eigenvalue weighted by atomic mass is 32.2. The molecule has 3 amide bonds. The highest BCUT2D eigenvalue weighted by molar-refractivity contribution is 8.18. The minimum Gasteiger partial charge on any atom is -0.351 e. The number of anilines is 1. The van der Waals surface area contributed by atoms with E-state index in [2.05, 4.69) is 5.32 Å². The van der Waals surface area contributed by atoms with Crippen LogP contribution in [0.4, 0.5) is 10.5 Å². The van der Waals surface area contributed by atoms with Crippen LogP contribution in [0.1, 0.15) is 11.3 Å². The number of carbonyl (C=O) groups is 3. The van der Waals surface area contributed by atoms with E-state index in [-0.39, 0.29) is 6.54 Å². The first-order chi connectivity index (χ1) is 11.9. The van der Waals surface area contributed by atoms with Crippen molar-refractivity contribution in [2.45, 2.75) is 6.92 Å². The Morgan fingerprint density at radius 2 is 1.92 bits per heavy atom. The Labute approximate surface area is 149 Å². The Hall–Kier alpha value is -2.80. The fraction of sp³-hybridized carbons (Fsp3) is 0.167. The first-order valence-electron chi connectivity index (χ1n) is 7.67. The van der Waals surface area contributed by atoms with Crippen molar-refractivity contribution in [1.82, 2.24) is 9.47 Å². The van der Waals surface area contributed by atoms with Gasteiger partial charge >= 0.3 is 0 Å². The van der Waals surface area contributed by atoms with Gasteiger partial charge in [-0.2, -0.15) is 0 Å². The molecule has 25 heavy (non-hydrogen) atoms. The van der Waals surface area contributed by atoms with E-state index in [1.54, 1.807) is 18.2 Å². The Bertz CT molecular complexity index is 868. The van der Waals surface area contributed by atoms with E-state index < -0.39 is 17.1 Å². The molecule has 0 bridgehead atoms. The Morgan fingerprint density at radius 1 is 1.20 bits per heavy atom. The van der Waals surface area contributed by atoms with Gasteiger partial charge in [-0.1, -0.05) is 17.7 Å². The van der Waals surface area contributed by atoms with Crippen LogP contribution in [0.2, 0.25) is 0 Å². The summed E-state index contributed by atoms with van der Waals surface area (Å²) in [6, 6.07) is 11.0. The number of rotatable bonds is 4. The lowest BCUT2D eigenvalue weighted by Gasteiger charge is -2.12. The van der Waals surface area contributed by atoms with E-state index in [4.69, 9.17) is 0 Å². The number of hydrogen-bond acceptors (Lipinski definition) is 4. The number of nitrogens with zero attached hydrogens (tertiary/aromatic N) is 2. The van der Waals surface area contributed by atoms with E-state index in [9.17, 15) is 14.4 Å². The molecule has 2 aromatic rings. The van der Waals surface area contributed by atoms with Crippen molar-refractivity contribution in [2.75, 3.05) is 11.9 Å². The zero-order valence-electron chi connectivity index (χ0n) is 13.9. The van der Waals surface area contributed by atoms with Crippen molar-refractivity contribution in [3.63, 3.8) is 0 Å². The molecule has 0 aliphatic carbocycles. The predicted octanol–water partition coefficient (Wildman–Crippen LogP) is 3.01. The highest BCUT2D eigenvalue weighted by Gasteiger charge is 2.36. The van der Waals surface area contributed by atoms with Gasteiger partial charge in [0.15, 0.2) is 0 Å². The molecule has 0 radical (unpaired) electrons. The number of imide groups is 1. The second-order valence-corrected chi connectivity index (χ2v) is 6.72. The Morgan fingerprint density at radius 3 is 2.56 bits per heavy atom.